The molecule has 0 amide bonds. The Hall–Kier alpha value is -1.02. The Morgan fingerprint density at radius 1 is 1.29 bits per heavy atom. The molecule has 17 heavy (non-hydrogen) atoms. The second-order valence-corrected chi connectivity index (χ2v) is 5.39. The lowest BCUT2D eigenvalue weighted by Gasteiger charge is -2.21. The molecule has 3 rings (SSSR count). The standard InChI is InChI=1S/C15H22N2/c1-3-13-5-2-9-17-15(13)14(4-1)11-16-10-8-12-6-7-12/h1,3-4,12,16-17H,2,5-11H2. The molecular formula is C15H22N2. The summed E-state index contributed by atoms with van der Waals surface area (Å²) in [5.41, 5.74) is 4.34. The third-order valence-electron chi connectivity index (χ3n) is 3.90. The molecule has 1 aliphatic heterocycles. The lowest BCUT2D eigenvalue weighted by atomic mass is 9.99. The summed E-state index contributed by atoms with van der Waals surface area (Å²) in [6.45, 7) is 3.32. The molecule has 0 unspecified atom stereocenters. The molecule has 0 aromatic heterocycles. The maximum absolute atomic E-state index is 3.58. The largest absolute Gasteiger partial charge is 0.385 e. The minimum absolute atomic E-state index is 1.02. The fourth-order valence-electron chi connectivity index (χ4n) is 2.66. The summed E-state index contributed by atoms with van der Waals surface area (Å²) in [5.74, 6) is 1.03. The SMILES string of the molecule is c1cc2c(c(CNCCC3CC3)c1)NCCC2. The van der Waals surface area contributed by atoms with Crippen LogP contribution in [0, 0.1) is 5.92 Å². The number of aryl methyl sites for hydroxylation is 1. The van der Waals surface area contributed by atoms with Gasteiger partial charge in [-0.1, -0.05) is 31.0 Å². The van der Waals surface area contributed by atoms with Crippen LogP contribution in [-0.4, -0.2) is 13.1 Å². The van der Waals surface area contributed by atoms with E-state index in [1.807, 2.05) is 0 Å². The second kappa shape index (κ2) is 5.09. The molecule has 2 heteroatoms. The van der Waals surface area contributed by atoms with Gasteiger partial charge in [0.15, 0.2) is 0 Å². The van der Waals surface area contributed by atoms with Crippen molar-refractivity contribution in [1.29, 1.82) is 0 Å². The van der Waals surface area contributed by atoms with Crippen LogP contribution in [0.25, 0.3) is 0 Å². The van der Waals surface area contributed by atoms with Gasteiger partial charge in [-0.05, 0) is 42.9 Å². The molecule has 1 aromatic carbocycles. The van der Waals surface area contributed by atoms with Crippen molar-refractivity contribution >= 4 is 5.69 Å². The monoisotopic (exact) mass is 230 g/mol. The molecule has 1 aliphatic carbocycles. The number of hydrogen-bond acceptors (Lipinski definition) is 2. The van der Waals surface area contributed by atoms with Gasteiger partial charge in [-0.25, -0.2) is 0 Å². The van der Waals surface area contributed by atoms with Gasteiger partial charge in [0.1, 0.15) is 0 Å². The van der Waals surface area contributed by atoms with Crippen LogP contribution in [0.3, 0.4) is 0 Å². The predicted molar refractivity (Wildman–Crippen MR) is 72.3 cm³/mol. The smallest absolute Gasteiger partial charge is 0.0418 e. The Kier molecular flexibility index (Phi) is 3.32. The first-order valence-corrected chi connectivity index (χ1v) is 6.99. The van der Waals surface area contributed by atoms with E-state index >= 15 is 0 Å². The summed E-state index contributed by atoms with van der Waals surface area (Å²) >= 11 is 0. The van der Waals surface area contributed by atoms with E-state index in [9.17, 15) is 0 Å². The number of fused-ring (bicyclic) bond motifs is 1. The first kappa shape index (κ1) is 11.1. The maximum atomic E-state index is 3.58. The minimum atomic E-state index is 1.02. The van der Waals surface area contributed by atoms with Gasteiger partial charge in [0.25, 0.3) is 0 Å². The van der Waals surface area contributed by atoms with E-state index in [4.69, 9.17) is 0 Å². The van der Waals surface area contributed by atoms with Gasteiger partial charge in [-0.3, -0.25) is 0 Å². The average molecular weight is 230 g/mol. The third kappa shape index (κ3) is 2.81. The average Bonchev–Trinajstić information content (AvgIpc) is 3.19. The van der Waals surface area contributed by atoms with E-state index in [0.717, 1.165) is 19.0 Å². The molecule has 1 saturated carbocycles. The van der Waals surface area contributed by atoms with Crippen LogP contribution in [0.15, 0.2) is 18.2 Å². The molecule has 0 radical (unpaired) electrons. The van der Waals surface area contributed by atoms with Gasteiger partial charge in [0.2, 0.25) is 0 Å². The summed E-state index contributed by atoms with van der Waals surface area (Å²) in [6, 6.07) is 6.71. The molecule has 1 heterocycles. The van der Waals surface area contributed by atoms with Crippen molar-refractivity contribution in [1.82, 2.24) is 5.32 Å². The molecule has 1 fully saturated rings. The number of hydrogen-bond donors (Lipinski definition) is 2. The Morgan fingerprint density at radius 3 is 3.12 bits per heavy atom. The normalized spacial score (nSPS) is 18.6. The Morgan fingerprint density at radius 2 is 2.24 bits per heavy atom. The number of anilines is 1. The van der Waals surface area contributed by atoms with Crippen LogP contribution in [0.4, 0.5) is 5.69 Å². The molecule has 0 spiro atoms. The second-order valence-electron chi connectivity index (χ2n) is 5.39. The van der Waals surface area contributed by atoms with Gasteiger partial charge in [0, 0.05) is 18.8 Å². The highest BCUT2D eigenvalue weighted by Crippen LogP contribution is 2.31. The lowest BCUT2D eigenvalue weighted by Crippen LogP contribution is -2.19. The number of rotatable bonds is 5. The van der Waals surface area contributed by atoms with Crippen molar-refractivity contribution in [3.05, 3.63) is 29.3 Å². The quantitative estimate of drug-likeness (QED) is 0.760. The summed E-state index contributed by atoms with van der Waals surface area (Å²) in [4.78, 5) is 0. The summed E-state index contributed by atoms with van der Waals surface area (Å²) in [6.07, 6.45) is 6.79. The van der Waals surface area contributed by atoms with Gasteiger partial charge in [-0.15, -0.1) is 0 Å². The summed E-state index contributed by atoms with van der Waals surface area (Å²) < 4.78 is 0. The van der Waals surface area contributed by atoms with E-state index in [0.29, 0.717) is 0 Å². The van der Waals surface area contributed by atoms with Crippen molar-refractivity contribution in [3.8, 4) is 0 Å². The predicted octanol–water partition coefficient (Wildman–Crippen LogP) is 2.93. The van der Waals surface area contributed by atoms with Crippen molar-refractivity contribution in [3.63, 3.8) is 0 Å². The Labute approximate surface area is 104 Å². The van der Waals surface area contributed by atoms with Crippen LogP contribution in [0.1, 0.15) is 36.8 Å². The molecular weight excluding hydrogens is 208 g/mol. The molecule has 2 aliphatic rings. The maximum Gasteiger partial charge on any atom is 0.0418 e. The molecule has 0 atom stereocenters. The molecule has 0 saturated heterocycles. The topological polar surface area (TPSA) is 24.1 Å². The molecule has 92 valence electrons. The van der Waals surface area contributed by atoms with Crippen molar-refractivity contribution in [2.45, 2.75) is 38.6 Å². The molecule has 2 N–H and O–H groups in total. The van der Waals surface area contributed by atoms with Crippen LogP contribution in [0.5, 0.6) is 0 Å². The van der Waals surface area contributed by atoms with E-state index in [1.165, 1.54) is 55.5 Å². The molecule has 2 nitrogen and oxygen atoms in total. The zero-order valence-electron chi connectivity index (χ0n) is 10.5. The number of para-hydroxylation sites is 1. The Balaban J connectivity index is 1.57. The fourth-order valence-corrected chi connectivity index (χ4v) is 2.66. The zero-order chi connectivity index (χ0) is 11.5. The van der Waals surface area contributed by atoms with Crippen molar-refractivity contribution in [2.24, 2.45) is 5.92 Å². The molecule has 1 aromatic rings. The van der Waals surface area contributed by atoms with E-state index in [1.54, 1.807) is 0 Å². The van der Waals surface area contributed by atoms with Crippen molar-refractivity contribution in [2.75, 3.05) is 18.4 Å². The van der Waals surface area contributed by atoms with Gasteiger partial charge in [-0.2, -0.15) is 0 Å². The van der Waals surface area contributed by atoms with Crippen LogP contribution < -0.4 is 10.6 Å². The minimum Gasteiger partial charge on any atom is -0.385 e. The highest BCUT2D eigenvalue weighted by atomic mass is 14.9. The number of nitrogens with one attached hydrogen (secondary N) is 2. The highest BCUT2D eigenvalue weighted by Gasteiger charge is 2.20. The fraction of sp³-hybridized carbons (Fsp3) is 0.600. The third-order valence-corrected chi connectivity index (χ3v) is 3.90. The number of benzene rings is 1. The summed E-state index contributed by atoms with van der Waals surface area (Å²) in [5, 5.41) is 7.14. The van der Waals surface area contributed by atoms with Gasteiger partial charge < -0.3 is 10.6 Å². The highest BCUT2D eigenvalue weighted by molar-refractivity contribution is 5.59. The summed E-state index contributed by atoms with van der Waals surface area (Å²) in [7, 11) is 0. The van der Waals surface area contributed by atoms with Crippen LogP contribution >= 0.6 is 0 Å². The first-order valence-electron chi connectivity index (χ1n) is 6.99. The Bertz CT molecular complexity index is 383. The first-order chi connectivity index (χ1) is 8.43. The van der Waals surface area contributed by atoms with E-state index in [2.05, 4.69) is 28.8 Å². The van der Waals surface area contributed by atoms with Gasteiger partial charge in [0.05, 0.1) is 0 Å². The lowest BCUT2D eigenvalue weighted by molar-refractivity contribution is 0.612. The van der Waals surface area contributed by atoms with Crippen LogP contribution in [-0.2, 0) is 13.0 Å². The van der Waals surface area contributed by atoms with E-state index < -0.39 is 0 Å². The molecule has 0 bridgehead atoms. The zero-order valence-corrected chi connectivity index (χ0v) is 10.5. The van der Waals surface area contributed by atoms with Crippen molar-refractivity contribution < 1.29 is 0 Å². The van der Waals surface area contributed by atoms with Crippen LogP contribution in [0.2, 0.25) is 0 Å². The van der Waals surface area contributed by atoms with Gasteiger partial charge >= 0.3 is 0 Å². The van der Waals surface area contributed by atoms with E-state index in [-0.39, 0.29) is 0 Å².